The van der Waals surface area contributed by atoms with Crippen LogP contribution in [-0.4, -0.2) is 13.0 Å². The average molecular weight is 557 g/mol. The molecule has 1 N–H and O–H groups in total. The minimum absolute atomic E-state index is 0.0138. The van der Waals surface area contributed by atoms with E-state index in [1.54, 1.807) is 13.2 Å². The number of carbonyl (C=O) groups is 1. The molecule has 0 spiro atoms. The van der Waals surface area contributed by atoms with Gasteiger partial charge in [-0.25, -0.2) is 0 Å². The van der Waals surface area contributed by atoms with Gasteiger partial charge in [0.15, 0.2) is 0 Å². The first kappa shape index (κ1) is 23.8. The summed E-state index contributed by atoms with van der Waals surface area (Å²) in [4.78, 5) is 12.7. The van der Waals surface area contributed by atoms with Gasteiger partial charge < -0.3 is 10.1 Å². The van der Waals surface area contributed by atoms with Crippen LogP contribution in [0.15, 0.2) is 60.2 Å². The maximum atomic E-state index is 12.7. The molecule has 0 aliphatic heterocycles. The van der Waals surface area contributed by atoms with Crippen molar-refractivity contribution in [1.82, 2.24) is 0 Å². The third-order valence-electron chi connectivity index (χ3n) is 5.16. The number of rotatable bonds is 6. The van der Waals surface area contributed by atoms with Crippen LogP contribution in [0.25, 0.3) is 6.08 Å². The summed E-state index contributed by atoms with van der Waals surface area (Å²) in [7, 11) is 1.60. The maximum absolute atomic E-state index is 12.7. The lowest BCUT2D eigenvalue weighted by atomic mass is 10.0. The zero-order chi connectivity index (χ0) is 23.3. The van der Waals surface area contributed by atoms with Crippen molar-refractivity contribution in [2.75, 3.05) is 12.4 Å². The van der Waals surface area contributed by atoms with E-state index < -0.39 is 5.91 Å². The smallest absolute Gasteiger partial charge is 0.266 e. The molecule has 0 unspecified atom stereocenters. The molecule has 6 heteroatoms. The van der Waals surface area contributed by atoms with Crippen LogP contribution in [-0.2, 0) is 11.2 Å². The second-order valence-corrected chi connectivity index (χ2v) is 8.94. The monoisotopic (exact) mass is 556 g/mol. The number of methoxy groups -OCH3 is 1. The van der Waals surface area contributed by atoms with Gasteiger partial charge in [0, 0.05) is 26.3 Å². The number of nitriles is 1. The fraction of sp³-hybridized carbons (Fsp3) is 0.154. The van der Waals surface area contributed by atoms with Gasteiger partial charge in [0.25, 0.3) is 5.91 Å². The summed E-state index contributed by atoms with van der Waals surface area (Å²) in [5, 5.41) is 13.1. The second kappa shape index (κ2) is 10.7. The highest BCUT2D eigenvalue weighted by molar-refractivity contribution is 14.1. The first-order chi connectivity index (χ1) is 15.3. The molecule has 0 fully saturated rings. The molecule has 1 amide bonds. The molecule has 0 heterocycles. The zero-order valence-electron chi connectivity index (χ0n) is 18.0. The third kappa shape index (κ3) is 5.70. The predicted molar refractivity (Wildman–Crippen MR) is 138 cm³/mol. The van der Waals surface area contributed by atoms with Gasteiger partial charge in [-0.1, -0.05) is 35.9 Å². The minimum Gasteiger partial charge on any atom is -0.496 e. The van der Waals surface area contributed by atoms with Crippen LogP contribution in [0, 0.1) is 28.7 Å². The molecule has 0 aliphatic rings. The molecule has 32 heavy (non-hydrogen) atoms. The summed E-state index contributed by atoms with van der Waals surface area (Å²) in [5.74, 6) is 0.222. The minimum atomic E-state index is -0.454. The number of hydrogen-bond acceptors (Lipinski definition) is 3. The van der Waals surface area contributed by atoms with Gasteiger partial charge in [0.05, 0.1) is 7.11 Å². The van der Waals surface area contributed by atoms with Crippen LogP contribution in [0.5, 0.6) is 5.75 Å². The van der Waals surface area contributed by atoms with Crippen LogP contribution in [0.1, 0.15) is 27.8 Å². The number of nitrogens with one attached hydrogen (secondary N) is 1. The Morgan fingerprint density at radius 2 is 1.91 bits per heavy atom. The lowest BCUT2D eigenvalue weighted by Crippen LogP contribution is -2.13. The molecule has 0 bridgehead atoms. The molecule has 0 aromatic heterocycles. The van der Waals surface area contributed by atoms with Crippen molar-refractivity contribution in [2.24, 2.45) is 0 Å². The van der Waals surface area contributed by atoms with Crippen LogP contribution < -0.4 is 10.1 Å². The Kier molecular flexibility index (Phi) is 7.94. The molecule has 4 nitrogen and oxygen atoms in total. The van der Waals surface area contributed by atoms with Gasteiger partial charge >= 0.3 is 0 Å². The van der Waals surface area contributed by atoms with Crippen LogP contribution >= 0.6 is 34.2 Å². The molecule has 162 valence electrons. The van der Waals surface area contributed by atoms with E-state index in [0.717, 1.165) is 25.8 Å². The molecule has 0 radical (unpaired) electrons. The first-order valence-corrected chi connectivity index (χ1v) is 11.4. The van der Waals surface area contributed by atoms with Crippen molar-refractivity contribution in [3.63, 3.8) is 0 Å². The number of benzene rings is 3. The van der Waals surface area contributed by atoms with E-state index in [-0.39, 0.29) is 5.57 Å². The van der Waals surface area contributed by atoms with Crippen molar-refractivity contribution in [3.8, 4) is 11.8 Å². The number of anilines is 1. The van der Waals surface area contributed by atoms with Crippen LogP contribution in [0.2, 0.25) is 5.02 Å². The maximum Gasteiger partial charge on any atom is 0.266 e. The third-order valence-corrected chi connectivity index (χ3v) is 6.49. The molecule has 0 saturated carbocycles. The highest BCUT2D eigenvalue weighted by Crippen LogP contribution is 2.31. The number of nitrogens with zero attached hydrogens (tertiary/aromatic N) is 1. The Morgan fingerprint density at radius 1 is 1.16 bits per heavy atom. The number of ether oxygens (including phenoxy) is 1. The van der Waals surface area contributed by atoms with Gasteiger partial charge in [0.1, 0.15) is 17.4 Å². The Hall–Kier alpha value is -2.82. The summed E-state index contributed by atoms with van der Waals surface area (Å²) < 4.78 is 6.57. The molecule has 3 aromatic rings. The Labute approximate surface area is 207 Å². The molecule has 0 atom stereocenters. The Morgan fingerprint density at radius 3 is 2.56 bits per heavy atom. The highest BCUT2D eigenvalue weighted by atomic mass is 127. The molecule has 0 saturated heterocycles. The van der Waals surface area contributed by atoms with E-state index in [1.807, 2.05) is 74.5 Å². The zero-order valence-corrected chi connectivity index (χ0v) is 20.9. The lowest BCUT2D eigenvalue weighted by molar-refractivity contribution is -0.112. The second-order valence-electron chi connectivity index (χ2n) is 7.37. The molecular weight excluding hydrogens is 535 g/mol. The predicted octanol–water partition coefficient (Wildman–Crippen LogP) is 6.71. The molecular formula is C26H22ClIN2O2. The summed E-state index contributed by atoms with van der Waals surface area (Å²) >= 11 is 8.57. The van der Waals surface area contributed by atoms with E-state index in [2.05, 4.69) is 27.9 Å². The summed E-state index contributed by atoms with van der Waals surface area (Å²) in [6, 6.07) is 19.1. The van der Waals surface area contributed by atoms with Crippen molar-refractivity contribution in [3.05, 3.63) is 96.6 Å². The van der Waals surface area contributed by atoms with Crippen LogP contribution in [0.3, 0.4) is 0 Å². The van der Waals surface area contributed by atoms with Gasteiger partial charge in [-0.15, -0.1) is 0 Å². The Balaban J connectivity index is 1.89. The van der Waals surface area contributed by atoms with Crippen molar-refractivity contribution in [1.29, 1.82) is 5.26 Å². The quantitative estimate of drug-likeness (QED) is 0.209. The fourth-order valence-electron chi connectivity index (χ4n) is 3.23. The van der Waals surface area contributed by atoms with Gasteiger partial charge in [-0.3, -0.25) is 4.79 Å². The van der Waals surface area contributed by atoms with E-state index in [4.69, 9.17) is 16.3 Å². The molecule has 0 aliphatic carbocycles. The number of carbonyl (C=O) groups excluding carboxylic acids is 1. The number of amides is 1. The van der Waals surface area contributed by atoms with Gasteiger partial charge in [0.2, 0.25) is 0 Å². The van der Waals surface area contributed by atoms with Crippen molar-refractivity contribution < 1.29 is 9.53 Å². The standard InChI is InChI=1S/C26H22ClIN2O2/c1-16-8-9-21(10-17(16)2)30-26(31)20(15-29)11-18-12-24(28)22(25(13-18)32-3)14-19-6-4-5-7-23(19)27/h4-13H,14H2,1-3H3,(H,30,31)/b20-11+. The van der Waals surface area contributed by atoms with E-state index in [0.29, 0.717) is 28.4 Å². The van der Waals surface area contributed by atoms with E-state index in [1.165, 1.54) is 0 Å². The number of halogens is 2. The summed E-state index contributed by atoms with van der Waals surface area (Å²) in [6.07, 6.45) is 2.18. The largest absolute Gasteiger partial charge is 0.496 e. The average Bonchev–Trinajstić information content (AvgIpc) is 2.77. The van der Waals surface area contributed by atoms with Gasteiger partial charge in [-0.05, 0) is 95.1 Å². The lowest BCUT2D eigenvalue weighted by Gasteiger charge is -2.13. The first-order valence-electron chi connectivity index (χ1n) is 9.92. The SMILES string of the molecule is COc1cc(/C=C(\C#N)C(=O)Nc2ccc(C)c(C)c2)cc(I)c1Cc1ccccc1Cl. The highest BCUT2D eigenvalue weighted by Gasteiger charge is 2.14. The number of hydrogen-bond donors (Lipinski definition) is 1. The summed E-state index contributed by atoms with van der Waals surface area (Å²) in [6.45, 7) is 3.98. The van der Waals surface area contributed by atoms with Gasteiger partial charge in [-0.2, -0.15) is 5.26 Å². The normalized spacial score (nSPS) is 11.1. The topological polar surface area (TPSA) is 62.1 Å². The van der Waals surface area contributed by atoms with E-state index in [9.17, 15) is 10.1 Å². The summed E-state index contributed by atoms with van der Waals surface area (Å²) in [5.41, 5.74) is 5.58. The van der Waals surface area contributed by atoms with E-state index >= 15 is 0 Å². The molecule has 3 rings (SSSR count). The Bertz CT molecular complexity index is 1250. The van der Waals surface area contributed by atoms with Crippen molar-refractivity contribution >= 4 is 51.9 Å². The number of aryl methyl sites for hydroxylation is 2. The van der Waals surface area contributed by atoms with Crippen LogP contribution in [0.4, 0.5) is 5.69 Å². The van der Waals surface area contributed by atoms with Crippen molar-refractivity contribution in [2.45, 2.75) is 20.3 Å². The fourth-order valence-corrected chi connectivity index (χ4v) is 4.25. The molecule has 3 aromatic carbocycles.